The van der Waals surface area contributed by atoms with E-state index in [1.54, 1.807) is 6.26 Å². The first-order valence-corrected chi connectivity index (χ1v) is 8.31. The molecule has 2 atom stereocenters. The molecule has 0 aromatic carbocycles. The van der Waals surface area contributed by atoms with Crippen LogP contribution >= 0.6 is 24.0 Å². The van der Waals surface area contributed by atoms with E-state index in [2.05, 4.69) is 39.8 Å². The molecular weight excluding hydrogens is 417 g/mol. The third kappa shape index (κ3) is 4.52. The first-order chi connectivity index (χ1) is 11.3. The Morgan fingerprint density at radius 2 is 2.38 bits per heavy atom. The number of furan rings is 1. The van der Waals surface area contributed by atoms with Gasteiger partial charge in [0.2, 0.25) is 0 Å². The molecule has 7 heteroatoms. The van der Waals surface area contributed by atoms with Crippen LogP contribution in [0.1, 0.15) is 32.1 Å². The van der Waals surface area contributed by atoms with Crippen LogP contribution in [0.2, 0.25) is 0 Å². The number of likely N-dealkylation sites (tertiary alicyclic amines) is 1. The molecule has 132 valence electrons. The Morgan fingerprint density at radius 1 is 1.50 bits per heavy atom. The van der Waals surface area contributed by atoms with Crippen molar-refractivity contribution in [2.24, 2.45) is 10.9 Å². The second-order valence-electron chi connectivity index (χ2n) is 6.04. The Bertz CT molecular complexity index is 611. The maximum Gasteiger partial charge on any atom is 0.194 e. The monoisotopic (exact) mass is 443 g/mol. The molecule has 0 saturated carbocycles. The fraction of sp³-hybridized carbons (Fsp3) is 0.529. The van der Waals surface area contributed by atoms with Gasteiger partial charge in [0.1, 0.15) is 12.3 Å². The Morgan fingerprint density at radius 3 is 3.04 bits per heavy atom. The SMILES string of the molecule is CCNC(=NCc1ccco1)N1CCC(C)C(n2ccnc2)C1.I. The summed E-state index contributed by atoms with van der Waals surface area (Å²) in [4.78, 5) is 11.3. The van der Waals surface area contributed by atoms with Crippen LogP contribution in [0, 0.1) is 5.92 Å². The summed E-state index contributed by atoms with van der Waals surface area (Å²) in [7, 11) is 0. The summed E-state index contributed by atoms with van der Waals surface area (Å²) in [6, 6.07) is 4.29. The summed E-state index contributed by atoms with van der Waals surface area (Å²) in [5, 5.41) is 3.40. The van der Waals surface area contributed by atoms with Gasteiger partial charge in [-0.15, -0.1) is 24.0 Å². The Balaban J connectivity index is 0.00000208. The molecule has 0 aliphatic carbocycles. The molecule has 24 heavy (non-hydrogen) atoms. The fourth-order valence-corrected chi connectivity index (χ4v) is 3.08. The van der Waals surface area contributed by atoms with Crippen LogP contribution in [-0.2, 0) is 6.54 Å². The number of guanidine groups is 1. The van der Waals surface area contributed by atoms with E-state index in [0.29, 0.717) is 18.5 Å². The molecule has 2 aromatic rings. The van der Waals surface area contributed by atoms with Crippen LogP contribution < -0.4 is 5.32 Å². The van der Waals surface area contributed by atoms with Gasteiger partial charge in [-0.3, -0.25) is 0 Å². The smallest absolute Gasteiger partial charge is 0.194 e. The third-order valence-corrected chi connectivity index (χ3v) is 4.43. The normalized spacial score (nSPS) is 21.4. The number of aliphatic imine (C=N–C) groups is 1. The largest absolute Gasteiger partial charge is 0.467 e. The van der Waals surface area contributed by atoms with Gasteiger partial charge in [0.05, 0.1) is 18.6 Å². The van der Waals surface area contributed by atoms with Crippen LogP contribution in [0.25, 0.3) is 0 Å². The molecule has 0 radical (unpaired) electrons. The Kier molecular flexibility index (Phi) is 7.14. The summed E-state index contributed by atoms with van der Waals surface area (Å²) in [6.45, 7) is 7.81. The molecule has 3 heterocycles. The highest BCUT2D eigenvalue weighted by Gasteiger charge is 2.28. The highest BCUT2D eigenvalue weighted by atomic mass is 127. The van der Waals surface area contributed by atoms with Crippen molar-refractivity contribution in [2.45, 2.75) is 32.9 Å². The average Bonchev–Trinajstić information content (AvgIpc) is 3.25. The third-order valence-electron chi connectivity index (χ3n) is 4.43. The molecule has 3 rings (SSSR count). The summed E-state index contributed by atoms with van der Waals surface area (Å²) in [5.41, 5.74) is 0. The number of piperidine rings is 1. The van der Waals surface area contributed by atoms with Crippen LogP contribution in [-0.4, -0.2) is 40.0 Å². The number of halogens is 1. The van der Waals surface area contributed by atoms with Crippen LogP contribution in [0.5, 0.6) is 0 Å². The molecule has 0 bridgehead atoms. The highest BCUT2D eigenvalue weighted by molar-refractivity contribution is 14.0. The number of imidazole rings is 1. The van der Waals surface area contributed by atoms with Gasteiger partial charge >= 0.3 is 0 Å². The first kappa shape index (κ1) is 18.8. The minimum atomic E-state index is 0. The Labute approximate surface area is 160 Å². The summed E-state index contributed by atoms with van der Waals surface area (Å²) >= 11 is 0. The molecule has 1 fully saturated rings. The standard InChI is InChI=1S/C17H25N5O.HI/c1-3-19-17(20-11-15-5-4-10-23-15)21-8-6-14(2)16(12-21)22-9-7-18-13-22;/h4-5,7,9-10,13-14,16H,3,6,8,11-12H2,1-2H3,(H,19,20);1H. The van der Waals surface area contributed by atoms with E-state index in [9.17, 15) is 0 Å². The maximum absolute atomic E-state index is 5.38. The van der Waals surface area contributed by atoms with Gasteiger partial charge in [-0.2, -0.15) is 0 Å². The molecule has 6 nitrogen and oxygen atoms in total. The number of nitrogens with one attached hydrogen (secondary N) is 1. The van der Waals surface area contributed by atoms with Crippen molar-refractivity contribution in [3.63, 3.8) is 0 Å². The van der Waals surface area contributed by atoms with E-state index >= 15 is 0 Å². The summed E-state index contributed by atoms with van der Waals surface area (Å²) in [6.07, 6.45) is 8.65. The van der Waals surface area contributed by atoms with Gasteiger partial charge in [0.25, 0.3) is 0 Å². The lowest BCUT2D eigenvalue weighted by Gasteiger charge is -2.39. The summed E-state index contributed by atoms with van der Waals surface area (Å²) in [5.74, 6) is 2.48. The summed E-state index contributed by atoms with van der Waals surface area (Å²) < 4.78 is 7.60. The van der Waals surface area contributed by atoms with Gasteiger partial charge in [0, 0.05) is 32.0 Å². The van der Waals surface area contributed by atoms with Gasteiger partial charge < -0.3 is 19.2 Å². The zero-order chi connectivity index (χ0) is 16.1. The predicted octanol–water partition coefficient (Wildman–Crippen LogP) is 3.14. The molecule has 1 aliphatic rings. The van der Waals surface area contributed by atoms with E-state index in [4.69, 9.17) is 9.41 Å². The van der Waals surface area contributed by atoms with Gasteiger partial charge in [0.15, 0.2) is 5.96 Å². The number of hydrogen-bond donors (Lipinski definition) is 1. The van der Waals surface area contributed by atoms with E-state index in [1.165, 1.54) is 0 Å². The van der Waals surface area contributed by atoms with E-state index in [0.717, 1.165) is 37.8 Å². The lowest BCUT2D eigenvalue weighted by atomic mass is 9.93. The second-order valence-corrected chi connectivity index (χ2v) is 6.04. The highest BCUT2D eigenvalue weighted by Crippen LogP contribution is 2.27. The van der Waals surface area contributed by atoms with Crippen molar-refractivity contribution in [1.29, 1.82) is 0 Å². The quantitative estimate of drug-likeness (QED) is 0.448. The van der Waals surface area contributed by atoms with Crippen molar-refractivity contribution in [2.75, 3.05) is 19.6 Å². The van der Waals surface area contributed by atoms with Gasteiger partial charge in [-0.1, -0.05) is 6.92 Å². The molecule has 0 spiro atoms. The fourth-order valence-electron chi connectivity index (χ4n) is 3.08. The van der Waals surface area contributed by atoms with Crippen molar-refractivity contribution in [3.8, 4) is 0 Å². The maximum atomic E-state index is 5.38. The lowest BCUT2D eigenvalue weighted by molar-refractivity contribution is 0.189. The van der Waals surface area contributed by atoms with Gasteiger partial charge in [-0.25, -0.2) is 9.98 Å². The predicted molar refractivity (Wildman–Crippen MR) is 106 cm³/mol. The molecule has 1 N–H and O–H groups in total. The molecular formula is C17H26IN5O. The average molecular weight is 443 g/mol. The molecule has 2 aromatic heterocycles. The van der Waals surface area contributed by atoms with Crippen molar-refractivity contribution >= 4 is 29.9 Å². The zero-order valence-corrected chi connectivity index (χ0v) is 16.6. The Hall–Kier alpha value is -1.51. The molecule has 0 amide bonds. The van der Waals surface area contributed by atoms with Crippen LogP contribution in [0.15, 0.2) is 46.5 Å². The zero-order valence-electron chi connectivity index (χ0n) is 14.3. The van der Waals surface area contributed by atoms with Crippen molar-refractivity contribution < 1.29 is 4.42 Å². The molecule has 2 unspecified atom stereocenters. The van der Waals surface area contributed by atoms with Crippen molar-refractivity contribution in [1.82, 2.24) is 19.8 Å². The van der Waals surface area contributed by atoms with E-state index < -0.39 is 0 Å². The second kappa shape index (κ2) is 9.10. The number of nitrogens with zero attached hydrogens (tertiary/aromatic N) is 4. The lowest BCUT2D eigenvalue weighted by Crippen LogP contribution is -2.49. The minimum Gasteiger partial charge on any atom is -0.467 e. The number of hydrogen-bond acceptors (Lipinski definition) is 3. The van der Waals surface area contributed by atoms with Gasteiger partial charge in [-0.05, 0) is 31.4 Å². The topological polar surface area (TPSA) is 58.6 Å². The van der Waals surface area contributed by atoms with Crippen LogP contribution in [0.3, 0.4) is 0 Å². The minimum absolute atomic E-state index is 0. The van der Waals surface area contributed by atoms with Crippen LogP contribution in [0.4, 0.5) is 0 Å². The number of aromatic nitrogens is 2. The van der Waals surface area contributed by atoms with Crippen molar-refractivity contribution in [3.05, 3.63) is 42.9 Å². The van der Waals surface area contributed by atoms with E-state index in [-0.39, 0.29) is 24.0 Å². The molecule has 1 saturated heterocycles. The molecule has 1 aliphatic heterocycles. The first-order valence-electron chi connectivity index (χ1n) is 8.31. The van der Waals surface area contributed by atoms with E-state index in [1.807, 2.05) is 24.7 Å². The number of rotatable bonds is 4.